The van der Waals surface area contributed by atoms with Crippen molar-refractivity contribution in [3.05, 3.63) is 124 Å². The van der Waals surface area contributed by atoms with E-state index in [4.69, 9.17) is 9.47 Å². The number of anilines is 1. The van der Waals surface area contributed by atoms with E-state index in [9.17, 15) is 37.1 Å². The number of carbonyl (C=O) groups is 5. The van der Waals surface area contributed by atoms with Crippen LogP contribution in [0.3, 0.4) is 0 Å². The smallest absolute Gasteiger partial charge is 0.416 e. The van der Waals surface area contributed by atoms with E-state index in [-0.39, 0.29) is 34.5 Å². The second-order valence-electron chi connectivity index (χ2n) is 12.4. The summed E-state index contributed by atoms with van der Waals surface area (Å²) in [5.41, 5.74) is -0.0482. The van der Waals surface area contributed by atoms with Crippen molar-refractivity contribution in [2.45, 2.75) is 32.0 Å². The molecule has 0 spiro atoms. The lowest BCUT2D eigenvalue weighted by atomic mass is 9.90. The number of hydrogen-bond donors (Lipinski definition) is 1. The lowest BCUT2D eigenvalue weighted by Gasteiger charge is -2.33. The van der Waals surface area contributed by atoms with Crippen molar-refractivity contribution >= 4 is 35.3 Å². The van der Waals surface area contributed by atoms with E-state index in [0.717, 1.165) is 17.7 Å². The standard InChI is InChI=1S/C39H36F3N3O7/c1-6-51-37(50)38(30-12-8-7-11-28(30)35(48)45(38)5)22-52-32(46)21-25-10-9-13-31(33(25)36(49)44(3)4)43-34(47)27-19-14-23(2)20-29(27)24-15-17-26(18-16-24)39(40,41)42/h7-20H,6,21-22H2,1-5H3,(H,43,47). The van der Waals surface area contributed by atoms with Crippen LogP contribution in [0.5, 0.6) is 0 Å². The first-order chi connectivity index (χ1) is 24.6. The van der Waals surface area contributed by atoms with Gasteiger partial charge in [0.2, 0.25) is 5.54 Å². The first kappa shape index (κ1) is 37.3. The number of alkyl halides is 3. The molecule has 1 heterocycles. The average molecular weight is 716 g/mol. The summed E-state index contributed by atoms with van der Waals surface area (Å²) in [4.78, 5) is 69.7. The lowest BCUT2D eigenvalue weighted by Crippen LogP contribution is -2.52. The van der Waals surface area contributed by atoms with Gasteiger partial charge in [-0.3, -0.25) is 19.2 Å². The number of hydrogen-bond acceptors (Lipinski definition) is 7. The van der Waals surface area contributed by atoms with Crippen LogP contribution in [0.2, 0.25) is 0 Å². The average Bonchev–Trinajstić information content (AvgIpc) is 3.32. The second kappa shape index (κ2) is 14.7. The minimum atomic E-state index is -4.53. The number of fused-ring (bicyclic) bond motifs is 1. The van der Waals surface area contributed by atoms with Crippen molar-refractivity contribution in [1.82, 2.24) is 9.80 Å². The van der Waals surface area contributed by atoms with Gasteiger partial charge in [0, 0.05) is 37.8 Å². The van der Waals surface area contributed by atoms with Gasteiger partial charge in [0.05, 0.1) is 29.8 Å². The van der Waals surface area contributed by atoms with Gasteiger partial charge in [0.25, 0.3) is 17.7 Å². The number of halogens is 3. The zero-order valence-corrected chi connectivity index (χ0v) is 29.1. The predicted octanol–water partition coefficient (Wildman–Crippen LogP) is 6.26. The van der Waals surface area contributed by atoms with Gasteiger partial charge in [-0.15, -0.1) is 0 Å². The highest BCUT2D eigenvalue weighted by Gasteiger charge is 2.55. The summed E-state index contributed by atoms with van der Waals surface area (Å²) in [6.45, 7) is 2.85. The number of benzene rings is 4. The molecule has 4 aromatic carbocycles. The van der Waals surface area contributed by atoms with Crippen molar-refractivity contribution in [1.29, 1.82) is 0 Å². The highest BCUT2D eigenvalue weighted by atomic mass is 19.4. The topological polar surface area (TPSA) is 122 Å². The molecule has 0 fully saturated rings. The van der Waals surface area contributed by atoms with E-state index >= 15 is 0 Å². The molecule has 0 saturated carbocycles. The number of esters is 2. The number of nitrogens with zero attached hydrogens (tertiary/aromatic N) is 2. The SMILES string of the molecule is CCOC(=O)C1(COC(=O)Cc2cccc(NC(=O)c3ccc(C)cc3-c3ccc(C(F)(F)F)cc3)c2C(=O)N(C)C)c2ccccc2C(=O)N1C. The van der Waals surface area contributed by atoms with Gasteiger partial charge in [-0.25, -0.2) is 4.79 Å². The quantitative estimate of drug-likeness (QED) is 0.192. The van der Waals surface area contributed by atoms with Crippen LogP contribution in [-0.2, 0) is 37.2 Å². The molecule has 1 atom stereocenters. The molecule has 10 nitrogen and oxygen atoms in total. The Labute approximate surface area is 298 Å². The number of likely N-dealkylation sites (N-methyl/N-ethyl adjacent to an activating group) is 1. The van der Waals surface area contributed by atoms with Gasteiger partial charge >= 0.3 is 18.1 Å². The molecule has 13 heteroatoms. The highest BCUT2D eigenvalue weighted by molar-refractivity contribution is 6.12. The maximum atomic E-state index is 13.8. The van der Waals surface area contributed by atoms with E-state index in [0.29, 0.717) is 16.7 Å². The van der Waals surface area contributed by atoms with E-state index in [2.05, 4.69) is 5.32 Å². The fourth-order valence-electron chi connectivity index (χ4n) is 6.14. The Morgan fingerprint density at radius 2 is 1.58 bits per heavy atom. The van der Waals surface area contributed by atoms with Crippen LogP contribution in [0.15, 0.2) is 84.9 Å². The molecule has 3 amide bonds. The van der Waals surface area contributed by atoms with E-state index in [1.54, 1.807) is 50.2 Å². The fourth-order valence-corrected chi connectivity index (χ4v) is 6.14. The first-order valence-corrected chi connectivity index (χ1v) is 16.2. The molecule has 1 aliphatic rings. The highest BCUT2D eigenvalue weighted by Crippen LogP contribution is 2.40. The molecule has 270 valence electrons. The zero-order chi connectivity index (χ0) is 38.0. The molecule has 1 N–H and O–H groups in total. The third-order valence-electron chi connectivity index (χ3n) is 8.83. The van der Waals surface area contributed by atoms with Crippen LogP contribution in [0.25, 0.3) is 11.1 Å². The number of aryl methyl sites for hydroxylation is 1. The summed E-state index contributed by atoms with van der Waals surface area (Å²) in [6, 6.07) is 20.3. The molecule has 0 radical (unpaired) electrons. The third kappa shape index (κ3) is 7.11. The number of nitrogens with one attached hydrogen (secondary N) is 1. The number of carbonyl (C=O) groups excluding carboxylic acids is 5. The summed E-state index contributed by atoms with van der Waals surface area (Å²) in [6.07, 6.45) is -4.98. The first-order valence-electron chi connectivity index (χ1n) is 16.2. The molecule has 5 rings (SSSR count). The van der Waals surface area contributed by atoms with Crippen LogP contribution in [0.1, 0.15) is 60.3 Å². The summed E-state index contributed by atoms with van der Waals surface area (Å²) in [5, 5.41) is 2.75. The molecule has 0 saturated heterocycles. The van der Waals surface area contributed by atoms with Crippen molar-refractivity contribution in [3.63, 3.8) is 0 Å². The molecular weight excluding hydrogens is 679 g/mol. The number of rotatable bonds is 10. The third-order valence-corrected chi connectivity index (χ3v) is 8.83. The molecule has 0 aliphatic carbocycles. The Balaban J connectivity index is 1.44. The monoisotopic (exact) mass is 715 g/mol. The van der Waals surface area contributed by atoms with Crippen molar-refractivity contribution in [2.75, 3.05) is 39.7 Å². The van der Waals surface area contributed by atoms with E-state index < -0.39 is 60.0 Å². The minimum absolute atomic E-state index is 0.000365. The lowest BCUT2D eigenvalue weighted by molar-refractivity contribution is -0.164. The van der Waals surface area contributed by atoms with Crippen LogP contribution in [-0.4, -0.2) is 73.8 Å². The van der Waals surface area contributed by atoms with Crippen molar-refractivity contribution in [2.24, 2.45) is 0 Å². The number of ether oxygens (including phenoxy) is 2. The Morgan fingerprint density at radius 3 is 2.23 bits per heavy atom. The van der Waals surface area contributed by atoms with Gasteiger partial charge in [-0.1, -0.05) is 60.2 Å². The van der Waals surface area contributed by atoms with Crippen LogP contribution in [0.4, 0.5) is 18.9 Å². The molecule has 52 heavy (non-hydrogen) atoms. The summed E-state index contributed by atoms with van der Waals surface area (Å²) >= 11 is 0. The molecule has 4 aromatic rings. The molecular formula is C39H36F3N3O7. The Morgan fingerprint density at radius 1 is 0.885 bits per heavy atom. The molecule has 0 bridgehead atoms. The summed E-state index contributed by atoms with van der Waals surface area (Å²) in [5.74, 6) is -3.23. The second-order valence-corrected chi connectivity index (χ2v) is 12.4. The normalized spacial score (nSPS) is 15.2. The van der Waals surface area contributed by atoms with Crippen LogP contribution in [0, 0.1) is 6.92 Å². The molecule has 0 aromatic heterocycles. The van der Waals surface area contributed by atoms with Gasteiger partial charge in [-0.2, -0.15) is 13.2 Å². The van der Waals surface area contributed by atoms with Gasteiger partial charge < -0.3 is 24.6 Å². The van der Waals surface area contributed by atoms with E-state index in [1.807, 2.05) is 0 Å². The van der Waals surface area contributed by atoms with Gasteiger partial charge in [0.15, 0.2) is 0 Å². The van der Waals surface area contributed by atoms with Crippen molar-refractivity contribution in [3.8, 4) is 11.1 Å². The zero-order valence-electron chi connectivity index (χ0n) is 29.1. The number of amides is 3. The molecule has 1 unspecified atom stereocenters. The minimum Gasteiger partial charge on any atom is -0.464 e. The molecule has 1 aliphatic heterocycles. The van der Waals surface area contributed by atoms with Crippen molar-refractivity contribution < 1.29 is 46.6 Å². The van der Waals surface area contributed by atoms with Crippen LogP contribution >= 0.6 is 0 Å². The van der Waals surface area contributed by atoms with Gasteiger partial charge in [-0.05, 0) is 60.9 Å². The Bertz CT molecular complexity index is 2060. The fraction of sp³-hybridized carbons (Fsp3) is 0.256. The van der Waals surface area contributed by atoms with E-state index in [1.165, 1.54) is 67.3 Å². The largest absolute Gasteiger partial charge is 0.464 e. The summed E-state index contributed by atoms with van der Waals surface area (Å²) < 4.78 is 50.6. The van der Waals surface area contributed by atoms with Gasteiger partial charge in [0.1, 0.15) is 6.61 Å². The maximum absolute atomic E-state index is 13.8. The predicted molar refractivity (Wildman–Crippen MR) is 186 cm³/mol. The Hall–Kier alpha value is -5.98. The summed E-state index contributed by atoms with van der Waals surface area (Å²) in [7, 11) is 4.42. The van der Waals surface area contributed by atoms with Crippen LogP contribution < -0.4 is 5.32 Å². The maximum Gasteiger partial charge on any atom is 0.416 e. The Kier molecular flexibility index (Phi) is 10.5.